The average Bonchev–Trinajstić information content (AvgIpc) is 3.13. The van der Waals surface area contributed by atoms with Gasteiger partial charge in [-0.15, -0.1) is 0 Å². The standard InChI is InChI=1S/C21H14ClN3O4/c1-12-6-7-13(21-24-16-4-2-3-5-19(16)29-21)9-17(12)23-11-14-8-15(22)10-18(20(14)26)25(27)28/h2-11,26H,1H3. The molecular formula is C21H14ClN3O4. The lowest BCUT2D eigenvalue weighted by atomic mass is 10.1. The summed E-state index contributed by atoms with van der Waals surface area (Å²) in [7, 11) is 0. The van der Waals surface area contributed by atoms with Crippen molar-refractivity contribution < 1.29 is 14.4 Å². The predicted octanol–water partition coefficient (Wildman–Crippen LogP) is 5.82. The van der Waals surface area contributed by atoms with Gasteiger partial charge in [-0.25, -0.2) is 4.98 Å². The number of phenols is 1. The van der Waals surface area contributed by atoms with Gasteiger partial charge in [-0.2, -0.15) is 0 Å². The fourth-order valence-corrected chi connectivity index (χ4v) is 3.08. The van der Waals surface area contributed by atoms with Crippen LogP contribution in [0.15, 0.2) is 64.0 Å². The molecule has 3 aromatic carbocycles. The van der Waals surface area contributed by atoms with Crippen LogP contribution in [0.3, 0.4) is 0 Å². The zero-order valence-corrected chi connectivity index (χ0v) is 15.9. The normalized spacial score (nSPS) is 11.4. The van der Waals surface area contributed by atoms with E-state index in [-0.39, 0.29) is 10.6 Å². The highest BCUT2D eigenvalue weighted by molar-refractivity contribution is 6.31. The van der Waals surface area contributed by atoms with Crippen LogP contribution in [0.4, 0.5) is 11.4 Å². The highest BCUT2D eigenvalue weighted by atomic mass is 35.5. The molecule has 4 rings (SSSR count). The molecule has 7 nitrogen and oxygen atoms in total. The number of fused-ring (bicyclic) bond motifs is 1. The van der Waals surface area contributed by atoms with Crippen LogP contribution < -0.4 is 0 Å². The van der Waals surface area contributed by atoms with Gasteiger partial charge in [-0.1, -0.05) is 29.8 Å². The van der Waals surface area contributed by atoms with E-state index in [0.29, 0.717) is 17.2 Å². The summed E-state index contributed by atoms with van der Waals surface area (Å²) in [6.07, 6.45) is 1.34. The van der Waals surface area contributed by atoms with E-state index < -0.39 is 16.4 Å². The van der Waals surface area contributed by atoms with Gasteiger partial charge in [0.1, 0.15) is 5.52 Å². The molecule has 1 aromatic heterocycles. The zero-order chi connectivity index (χ0) is 20.5. The second-order valence-corrected chi connectivity index (χ2v) is 6.80. The molecule has 0 bridgehead atoms. The number of nitrogens with zero attached hydrogens (tertiary/aromatic N) is 3. The van der Waals surface area contributed by atoms with E-state index in [1.54, 1.807) is 6.07 Å². The number of nitro benzene ring substituents is 1. The molecule has 1 N–H and O–H groups in total. The Morgan fingerprint density at radius 1 is 1.21 bits per heavy atom. The van der Waals surface area contributed by atoms with E-state index in [4.69, 9.17) is 16.0 Å². The van der Waals surface area contributed by atoms with Crippen molar-refractivity contribution in [2.45, 2.75) is 6.92 Å². The highest BCUT2D eigenvalue weighted by Crippen LogP contribution is 2.33. The van der Waals surface area contributed by atoms with E-state index in [0.717, 1.165) is 22.7 Å². The quantitative estimate of drug-likeness (QED) is 0.261. The minimum atomic E-state index is -0.697. The maximum Gasteiger partial charge on any atom is 0.312 e. The van der Waals surface area contributed by atoms with Gasteiger partial charge in [0.2, 0.25) is 11.6 Å². The minimum Gasteiger partial charge on any atom is -0.502 e. The molecule has 8 heteroatoms. The summed E-state index contributed by atoms with van der Waals surface area (Å²) in [5.41, 5.74) is 3.32. The number of phenolic OH excluding ortho intramolecular Hbond substituents is 1. The molecule has 0 saturated carbocycles. The first-order chi connectivity index (χ1) is 13.9. The number of aromatic nitrogens is 1. The number of benzene rings is 3. The molecule has 0 aliphatic carbocycles. The van der Waals surface area contributed by atoms with Gasteiger partial charge in [0.05, 0.1) is 10.6 Å². The number of para-hydroxylation sites is 2. The second-order valence-electron chi connectivity index (χ2n) is 6.37. The van der Waals surface area contributed by atoms with Gasteiger partial charge in [0, 0.05) is 28.4 Å². The number of hydrogen-bond acceptors (Lipinski definition) is 6. The Hall–Kier alpha value is -3.71. The van der Waals surface area contributed by atoms with Crippen LogP contribution in [0, 0.1) is 17.0 Å². The molecule has 0 radical (unpaired) electrons. The maximum absolute atomic E-state index is 11.1. The van der Waals surface area contributed by atoms with Crippen molar-refractivity contribution in [3.05, 3.63) is 80.9 Å². The first kappa shape index (κ1) is 18.6. The zero-order valence-electron chi connectivity index (χ0n) is 15.2. The van der Waals surface area contributed by atoms with Crippen LogP contribution in [0.25, 0.3) is 22.6 Å². The summed E-state index contributed by atoms with van der Waals surface area (Å²) in [5, 5.41) is 21.3. The lowest BCUT2D eigenvalue weighted by molar-refractivity contribution is -0.385. The number of halogens is 1. The van der Waals surface area contributed by atoms with Gasteiger partial charge in [-0.05, 0) is 42.8 Å². The summed E-state index contributed by atoms with van der Waals surface area (Å²) < 4.78 is 5.79. The Bertz CT molecular complexity index is 1250. The molecule has 0 fully saturated rings. The second kappa shape index (κ2) is 7.37. The minimum absolute atomic E-state index is 0.132. The molecule has 0 aliphatic heterocycles. The van der Waals surface area contributed by atoms with Crippen molar-refractivity contribution >= 4 is 40.3 Å². The molecule has 144 valence electrons. The number of hydrogen-bond donors (Lipinski definition) is 1. The van der Waals surface area contributed by atoms with E-state index in [1.165, 1.54) is 12.3 Å². The molecule has 29 heavy (non-hydrogen) atoms. The van der Waals surface area contributed by atoms with E-state index in [2.05, 4.69) is 9.98 Å². The monoisotopic (exact) mass is 407 g/mol. The van der Waals surface area contributed by atoms with Crippen LogP contribution in [-0.4, -0.2) is 21.2 Å². The lowest BCUT2D eigenvalue weighted by Gasteiger charge is -2.04. The summed E-state index contributed by atoms with van der Waals surface area (Å²) in [6.45, 7) is 1.88. The Kier molecular flexibility index (Phi) is 4.74. The van der Waals surface area contributed by atoms with Gasteiger partial charge >= 0.3 is 5.69 Å². The van der Waals surface area contributed by atoms with Gasteiger partial charge in [0.15, 0.2) is 5.58 Å². The highest BCUT2D eigenvalue weighted by Gasteiger charge is 2.18. The van der Waals surface area contributed by atoms with Crippen LogP contribution in [0.2, 0.25) is 5.02 Å². The van der Waals surface area contributed by atoms with Crippen LogP contribution in [0.1, 0.15) is 11.1 Å². The smallest absolute Gasteiger partial charge is 0.312 e. The summed E-state index contributed by atoms with van der Waals surface area (Å²) in [6, 6.07) is 15.5. The van der Waals surface area contributed by atoms with Gasteiger partial charge < -0.3 is 9.52 Å². The number of oxazole rings is 1. The summed E-state index contributed by atoms with van der Waals surface area (Å²) in [5.74, 6) is -0.0280. The fraction of sp³-hybridized carbons (Fsp3) is 0.0476. The third-order valence-corrected chi connectivity index (χ3v) is 4.59. The predicted molar refractivity (Wildman–Crippen MR) is 111 cm³/mol. The largest absolute Gasteiger partial charge is 0.502 e. The topological polar surface area (TPSA) is 102 Å². The average molecular weight is 408 g/mol. The Morgan fingerprint density at radius 3 is 2.76 bits per heavy atom. The van der Waals surface area contributed by atoms with Crippen LogP contribution >= 0.6 is 11.6 Å². The summed E-state index contributed by atoms with van der Waals surface area (Å²) >= 11 is 5.93. The molecule has 0 unspecified atom stereocenters. The van der Waals surface area contributed by atoms with Gasteiger partial charge in [-0.3, -0.25) is 15.1 Å². The van der Waals surface area contributed by atoms with Crippen LogP contribution in [-0.2, 0) is 0 Å². The molecule has 1 heterocycles. The Balaban J connectivity index is 1.73. The third kappa shape index (κ3) is 3.68. The number of aliphatic imine (C=N–C) groups is 1. The SMILES string of the molecule is Cc1ccc(-c2nc3ccccc3o2)cc1N=Cc1cc(Cl)cc([N+](=O)[O-])c1O. The third-order valence-electron chi connectivity index (χ3n) is 4.37. The van der Waals surface area contributed by atoms with Crippen molar-refractivity contribution in [2.24, 2.45) is 4.99 Å². The number of aromatic hydroxyl groups is 1. The number of nitro groups is 1. The Morgan fingerprint density at radius 2 is 2.00 bits per heavy atom. The first-order valence-corrected chi connectivity index (χ1v) is 8.98. The molecule has 0 aliphatic rings. The van der Waals surface area contributed by atoms with Crippen molar-refractivity contribution in [3.8, 4) is 17.2 Å². The fourth-order valence-electron chi connectivity index (χ4n) is 2.86. The first-order valence-electron chi connectivity index (χ1n) is 8.60. The van der Waals surface area contributed by atoms with E-state index in [1.807, 2.05) is 43.3 Å². The number of rotatable bonds is 4. The summed E-state index contributed by atoms with van der Waals surface area (Å²) in [4.78, 5) is 19.2. The number of aryl methyl sites for hydroxylation is 1. The van der Waals surface area contributed by atoms with Crippen molar-refractivity contribution in [1.82, 2.24) is 4.98 Å². The Labute approximate surface area is 170 Å². The molecule has 0 amide bonds. The maximum atomic E-state index is 11.1. The lowest BCUT2D eigenvalue weighted by Crippen LogP contribution is -1.92. The van der Waals surface area contributed by atoms with E-state index in [9.17, 15) is 15.2 Å². The molecule has 0 spiro atoms. The van der Waals surface area contributed by atoms with E-state index >= 15 is 0 Å². The molecule has 4 aromatic rings. The van der Waals surface area contributed by atoms with Crippen molar-refractivity contribution in [2.75, 3.05) is 0 Å². The molecule has 0 atom stereocenters. The van der Waals surface area contributed by atoms with Gasteiger partial charge in [0.25, 0.3) is 0 Å². The molecule has 0 saturated heterocycles. The van der Waals surface area contributed by atoms with Crippen LogP contribution in [0.5, 0.6) is 5.75 Å². The van der Waals surface area contributed by atoms with Crippen molar-refractivity contribution in [3.63, 3.8) is 0 Å². The van der Waals surface area contributed by atoms with Crippen molar-refractivity contribution in [1.29, 1.82) is 0 Å². The molecular weight excluding hydrogens is 394 g/mol.